The number of nitrogens with zero attached hydrogens (tertiary/aromatic N) is 4. The van der Waals surface area contributed by atoms with Crippen LogP contribution < -0.4 is 5.84 Å². The molecule has 6 nitrogen and oxygen atoms in total. The Morgan fingerprint density at radius 2 is 2.04 bits per heavy atom. The van der Waals surface area contributed by atoms with Gasteiger partial charge < -0.3 is 10.7 Å². The quantitative estimate of drug-likeness (QED) is 0.475. The van der Waals surface area contributed by atoms with Crippen molar-refractivity contribution in [3.05, 3.63) is 64.1 Å². The molecule has 3 rings (SSSR count). The number of carbonyl (C=O) groups excluding carboxylic acids is 1. The fraction of sp³-hybridized carbons (Fsp3) is 0.278. The molecule has 0 aliphatic rings. The number of benzene rings is 1. The normalized spacial score (nSPS) is 10.8. The second kappa shape index (κ2) is 8.86. The summed E-state index contributed by atoms with van der Waals surface area (Å²) in [7, 11) is 0. The first-order chi connectivity index (χ1) is 12.6. The zero-order chi connectivity index (χ0) is 18.4. The molecule has 0 unspecified atom stereocenters. The largest absolute Gasteiger partial charge is 0.336 e. The zero-order valence-corrected chi connectivity index (χ0v) is 16.2. The van der Waals surface area contributed by atoms with Gasteiger partial charge in [0.1, 0.15) is 5.82 Å². The van der Waals surface area contributed by atoms with Gasteiger partial charge >= 0.3 is 0 Å². The van der Waals surface area contributed by atoms with Crippen molar-refractivity contribution in [1.82, 2.24) is 19.8 Å². The highest BCUT2D eigenvalue weighted by Gasteiger charge is 2.17. The van der Waals surface area contributed by atoms with E-state index < -0.39 is 0 Å². The van der Waals surface area contributed by atoms with Crippen molar-refractivity contribution in [2.45, 2.75) is 25.0 Å². The molecule has 3 aromatic rings. The molecule has 8 heteroatoms. The van der Waals surface area contributed by atoms with Gasteiger partial charge in [-0.3, -0.25) is 4.79 Å². The van der Waals surface area contributed by atoms with Gasteiger partial charge in [0.15, 0.2) is 0 Å². The maximum Gasteiger partial charge on any atom is 0.233 e. The molecular formula is C18H21N5OS2. The van der Waals surface area contributed by atoms with Gasteiger partial charge in [-0.05, 0) is 30.4 Å². The fourth-order valence-electron chi connectivity index (χ4n) is 2.46. The van der Waals surface area contributed by atoms with E-state index in [4.69, 9.17) is 5.84 Å². The van der Waals surface area contributed by atoms with Crippen LogP contribution in [0.4, 0.5) is 0 Å². The van der Waals surface area contributed by atoms with Gasteiger partial charge in [-0.25, -0.2) is 4.68 Å². The van der Waals surface area contributed by atoms with Gasteiger partial charge in [-0.2, -0.15) is 0 Å². The van der Waals surface area contributed by atoms with Gasteiger partial charge in [0.05, 0.1) is 12.3 Å². The molecule has 2 aromatic heterocycles. The van der Waals surface area contributed by atoms with Gasteiger partial charge in [0, 0.05) is 11.4 Å². The summed E-state index contributed by atoms with van der Waals surface area (Å²) in [5, 5.41) is 10.5. The molecule has 0 fully saturated rings. The van der Waals surface area contributed by atoms with Crippen molar-refractivity contribution >= 4 is 29.0 Å². The molecule has 1 amide bonds. The summed E-state index contributed by atoms with van der Waals surface area (Å²) >= 11 is 2.98. The minimum atomic E-state index is 0.0694. The number of aromatic nitrogens is 3. The van der Waals surface area contributed by atoms with E-state index in [-0.39, 0.29) is 11.7 Å². The molecule has 1 aromatic carbocycles. The van der Waals surface area contributed by atoms with Crippen molar-refractivity contribution in [3.8, 4) is 0 Å². The minimum absolute atomic E-state index is 0.0694. The number of thiophene rings is 1. The van der Waals surface area contributed by atoms with E-state index in [1.54, 1.807) is 18.3 Å². The number of nitrogen functional groups attached to an aromatic ring is 1. The van der Waals surface area contributed by atoms with Crippen LogP contribution in [0.3, 0.4) is 0 Å². The average Bonchev–Trinajstić information content (AvgIpc) is 3.28. The first-order valence-electron chi connectivity index (χ1n) is 8.27. The van der Waals surface area contributed by atoms with Crippen LogP contribution >= 0.6 is 23.1 Å². The Balaban J connectivity index is 1.63. The summed E-state index contributed by atoms with van der Waals surface area (Å²) in [6, 6.07) is 14.3. The topological polar surface area (TPSA) is 77.0 Å². The molecule has 0 aliphatic carbocycles. The van der Waals surface area contributed by atoms with Gasteiger partial charge in [-0.1, -0.05) is 48.2 Å². The molecule has 0 saturated carbocycles. The van der Waals surface area contributed by atoms with Crippen LogP contribution in [-0.4, -0.2) is 38.0 Å². The number of amides is 1. The summed E-state index contributed by atoms with van der Waals surface area (Å²) in [6.45, 7) is 3.08. The molecule has 0 radical (unpaired) electrons. The predicted molar refractivity (Wildman–Crippen MR) is 106 cm³/mol. The third-order valence-corrected chi connectivity index (χ3v) is 5.74. The summed E-state index contributed by atoms with van der Waals surface area (Å²) in [5.41, 5.74) is 1.22. The van der Waals surface area contributed by atoms with Crippen LogP contribution in [0, 0.1) is 6.92 Å². The Morgan fingerprint density at radius 3 is 2.69 bits per heavy atom. The molecule has 2 N–H and O–H groups in total. The molecule has 0 atom stereocenters. The predicted octanol–water partition coefficient (Wildman–Crippen LogP) is 2.73. The highest BCUT2D eigenvalue weighted by molar-refractivity contribution is 7.99. The Hall–Kier alpha value is -2.32. The minimum Gasteiger partial charge on any atom is -0.336 e. The summed E-state index contributed by atoms with van der Waals surface area (Å²) in [6.07, 6.45) is 0.828. The number of thioether (sulfide) groups is 1. The highest BCUT2D eigenvalue weighted by atomic mass is 32.2. The molecule has 0 saturated heterocycles. The van der Waals surface area contributed by atoms with Crippen molar-refractivity contribution in [3.63, 3.8) is 0 Å². The lowest BCUT2D eigenvalue weighted by molar-refractivity contribution is -0.128. The van der Waals surface area contributed by atoms with E-state index in [9.17, 15) is 4.79 Å². The van der Waals surface area contributed by atoms with Gasteiger partial charge in [0.25, 0.3) is 0 Å². The number of hydrogen-bond donors (Lipinski definition) is 1. The van der Waals surface area contributed by atoms with Crippen molar-refractivity contribution in [2.75, 3.05) is 18.1 Å². The number of aryl methyl sites for hydroxylation is 1. The van der Waals surface area contributed by atoms with E-state index in [0.717, 1.165) is 6.42 Å². The summed E-state index contributed by atoms with van der Waals surface area (Å²) < 4.78 is 1.41. The lowest BCUT2D eigenvalue weighted by Gasteiger charge is -2.22. The monoisotopic (exact) mass is 387 g/mol. The van der Waals surface area contributed by atoms with Gasteiger partial charge in [-0.15, -0.1) is 21.5 Å². The van der Waals surface area contributed by atoms with Crippen LogP contribution in [0.5, 0.6) is 0 Å². The van der Waals surface area contributed by atoms with E-state index >= 15 is 0 Å². The SMILES string of the molecule is Cc1nnc(SCC(=O)N(CCc2ccccc2)Cc2cccs2)n1N. The average molecular weight is 388 g/mol. The smallest absolute Gasteiger partial charge is 0.233 e. The zero-order valence-electron chi connectivity index (χ0n) is 14.5. The molecule has 0 bridgehead atoms. The lowest BCUT2D eigenvalue weighted by atomic mass is 10.1. The summed E-state index contributed by atoms with van der Waals surface area (Å²) in [4.78, 5) is 15.9. The van der Waals surface area contributed by atoms with Crippen LogP contribution in [0.15, 0.2) is 53.0 Å². The number of nitrogens with two attached hydrogens (primary N) is 1. The van der Waals surface area contributed by atoms with Crippen molar-refractivity contribution in [1.29, 1.82) is 0 Å². The Bertz CT molecular complexity index is 833. The number of hydrogen-bond acceptors (Lipinski definition) is 6. The third-order valence-electron chi connectivity index (χ3n) is 3.95. The third kappa shape index (κ3) is 4.86. The Morgan fingerprint density at radius 1 is 1.23 bits per heavy atom. The van der Waals surface area contributed by atoms with E-state index in [2.05, 4.69) is 28.4 Å². The second-order valence-corrected chi connectivity index (χ2v) is 7.79. The molecule has 2 heterocycles. The van der Waals surface area contributed by atoms with Crippen molar-refractivity contribution in [2.24, 2.45) is 0 Å². The van der Waals surface area contributed by atoms with E-state index in [0.29, 0.717) is 24.1 Å². The van der Waals surface area contributed by atoms with Crippen LogP contribution in [0.2, 0.25) is 0 Å². The van der Waals surface area contributed by atoms with E-state index in [1.807, 2.05) is 34.5 Å². The molecule has 0 spiro atoms. The van der Waals surface area contributed by atoms with Crippen molar-refractivity contribution < 1.29 is 4.79 Å². The van der Waals surface area contributed by atoms with Crippen LogP contribution in [0.1, 0.15) is 16.3 Å². The fourth-order valence-corrected chi connectivity index (χ4v) is 3.98. The number of carbonyl (C=O) groups is 1. The Kier molecular flexibility index (Phi) is 6.30. The summed E-state index contributed by atoms with van der Waals surface area (Å²) in [5.74, 6) is 6.84. The van der Waals surface area contributed by atoms with Gasteiger partial charge in [0.2, 0.25) is 11.1 Å². The molecule has 136 valence electrons. The second-order valence-electron chi connectivity index (χ2n) is 5.82. The molecular weight excluding hydrogens is 366 g/mol. The van der Waals surface area contributed by atoms with E-state index in [1.165, 1.54) is 26.9 Å². The molecule has 26 heavy (non-hydrogen) atoms. The molecule has 0 aliphatic heterocycles. The number of rotatable bonds is 8. The highest BCUT2D eigenvalue weighted by Crippen LogP contribution is 2.18. The Labute approximate surface area is 161 Å². The maximum atomic E-state index is 12.8. The first-order valence-corrected chi connectivity index (χ1v) is 10.1. The van der Waals surface area contributed by atoms with Crippen LogP contribution in [-0.2, 0) is 17.8 Å². The standard InChI is InChI=1S/C18H21N5OS2/c1-14-20-21-18(23(14)19)26-13-17(24)22(12-16-8-5-11-25-16)10-9-15-6-3-2-4-7-15/h2-8,11H,9-10,12-13,19H2,1H3. The maximum absolute atomic E-state index is 12.8. The van der Waals surface area contributed by atoms with Crippen LogP contribution in [0.25, 0.3) is 0 Å². The first kappa shape index (κ1) is 18.5. The lowest BCUT2D eigenvalue weighted by Crippen LogP contribution is -2.33.